The standard InChI is InChI=1S/C14H16BrN3O/c1-8-4-5-10(9(2)6-8)14-17-11(7-19-3)12(15)13(16)18-14/h4-6H,7H2,1-3H3,(H2,16,17,18). The van der Waals surface area contributed by atoms with Crippen LogP contribution in [0, 0.1) is 13.8 Å². The Morgan fingerprint density at radius 3 is 2.63 bits per heavy atom. The van der Waals surface area contributed by atoms with Crippen LogP contribution in [0.2, 0.25) is 0 Å². The van der Waals surface area contributed by atoms with Gasteiger partial charge < -0.3 is 10.5 Å². The van der Waals surface area contributed by atoms with Gasteiger partial charge in [0.1, 0.15) is 5.82 Å². The summed E-state index contributed by atoms with van der Waals surface area (Å²) in [6, 6.07) is 6.16. The molecule has 0 aliphatic carbocycles. The summed E-state index contributed by atoms with van der Waals surface area (Å²) in [6.07, 6.45) is 0. The highest BCUT2D eigenvalue weighted by Crippen LogP contribution is 2.27. The summed E-state index contributed by atoms with van der Waals surface area (Å²) in [5, 5.41) is 0. The van der Waals surface area contributed by atoms with E-state index in [1.165, 1.54) is 5.56 Å². The van der Waals surface area contributed by atoms with Crippen molar-refractivity contribution in [3.63, 3.8) is 0 Å². The highest BCUT2D eigenvalue weighted by Gasteiger charge is 2.12. The van der Waals surface area contributed by atoms with Crippen molar-refractivity contribution in [3.05, 3.63) is 39.5 Å². The van der Waals surface area contributed by atoms with Crippen LogP contribution in [0.3, 0.4) is 0 Å². The second-order valence-corrected chi connectivity index (χ2v) is 5.24. The molecule has 0 amide bonds. The van der Waals surface area contributed by atoms with Gasteiger partial charge in [0.2, 0.25) is 0 Å². The van der Waals surface area contributed by atoms with Gasteiger partial charge in [0.15, 0.2) is 5.82 Å². The monoisotopic (exact) mass is 321 g/mol. The number of ether oxygens (including phenoxy) is 1. The molecule has 1 heterocycles. The highest BCUT2D eigenvalue weighted by atomic mass is 79.9. The molecule has 5 heteroatoms. The van der Waals surface area contributed by atoms with Gasteiger partial charge >= 0.3 is 0 Å². The van der Waals surface area contributed by atoms with Crippen LogP contribution in [0.15, 0.2) is 22.7 Å². The van der Waals surface area contributed by atoms with E-state index in [0.29, 0.717) is 22.7 Å². The maximum Gasteiger partial charge on any atom is 0.162 e. The van der Waals surface area contributed by atoms with Gasteiger partial charge in [-0.05, 0) is 35.3 Å². The van der Waals surface area contributed by atoms with E-state index in [1.54, 1.807) is 7.11 Å². The molecule has 0 saturated carbocycles. The highest BCUT2D eigenvalue weighted by molar-refractivity contribution is 9.10. The van der Waals surface area contributed by atoms with E-state index in [-0.39, 0.29) is 0 Å². The molecule has 0 atom stereocenters. The number of hydrogen-bond acceptors (Lipinski definition) is 4. The van der Waals surface area contributed by atoms with Crippen molar-refractivity contribution in [1.82, 2.24) is 9.97 Å². The molecule has 0 fully saturated rings. The van der Waals surface area contributed by atoms with Gasteiger partial charge in [0.05, 0.1) is 16.8 Å². The third-order valence-electron chi connectivity index (χ3n) is 2.85. The number of aromatic nitrogens is 2. The minimum Gasteiger partial charge on any atom is -0.383 e. The van der Waals surface area contributed by atoms with Gasteiger partial charge in [0, 0.05) is 12.7 Å². The largest absolute Gasteiger partial charge is 0.383 e. The predicted molar refractivity (Wildman–Crippen MR) is 79.8 cm³/mol. The molecule has 19 heavy (non-hydrogen) atoms. The Morgan fingerprint density at radius 2 is 2.00 bits per heavy atom. The van der Waals surface area contributed by atoms with Crippen LogP contribution in [-0.2, 0) is 11.3 Å². The van der Waals surface area contributed by atoms with E-state index in [1.807, 2.05) is 19.1 Å². The van der Waals surface area contributed by atoms with Gasteiger partial charge in [-0.2, -0.15) is 0 Å². The Balaban J connectivity index is 2.56. The molecule has 0 aliphatic heterocycles. The van der Waals surface area contributed by atoms with Gasteiger partial charge in [-0.1, -0.05) is 23.8 Å². The summed E-state index contributed by atoms with van der Waals surface area (Å²) in [5.41, 5.74) is 10.00. The summed E-state index contributed by atoms with van der Waals surface area (Å²) in [4.78, 5) is 8.86. The second kappa shape index (κ2) is 5.67. The third kappa shape index (κ3) is 2.93. The number of nitrogens with two attached hydrogens (primary N) is 1. The first kappa shape index (κ1) is 14.0. The van der Waals surface area contributed by atoms with Crippen LogP contribution in [0.25, 0.3) is 11.4 Å². The minimum atomic E-state index is 0.394. The van der Waals surface area contributed by atoms with Crippen LogP contribution in [-0.4, -0.2) is 17.1 Å². The van der Waals surface area contributed by atoms with Gasteiger partial charge in [-0.15, -0.1) is 0 Å². The topological polar surface area (TPSA) is 61.0 Å². The molecule has 0 saturated heterocycles. The number of anilines is 1. The molecule has 0 bridgehead atoms. The zero-order valence-corrected chi connectivity index (χ0v) is 12.8. The molecule has 0 radical (unpaired) electrons. The Kier molecular flexibility index (Phi) is 4.17. The van der Waals surface area contributed by atoms with Crippen LogP contribution < -0.4 is 5.73 Å². The SMILES string of the molecule is COCc1nc(-c2ccc(C)cc2C)nc(N)c1Br. The Hall–Kier alpha value is -1.46. The molecular weight excluding hydrogens is 306 g/mol. The maximum atomic E-state index is 5.92. The van der Waals surface area contributed by atoms with Crippen molar-refractivity contribution < 1.29 is 4.74 Å². The van der Waals surface area contributed by atoms with E-state index in [9.17, 15) is 0 Å². The lowest BCUT2D eigenvalue weighted by Gasteiger charge is -2.10. The summed E-state index contributed by atoms with van der Waals surface area (Å²) in [5.74, 6) is 1.06. The van der Waals surface area contributed by atoms with Crippen molar-refractivity contribution in [2.75, 3.05) is 12.8 Å². The molecule has 2 aromatic rings. The van der Waals surface area contributed by atoms with Crippen molar-refractivity contribution >= 4 is 21.7 Å². The van der Waals surface area contributed by atoms with Crippen LogP contribution in [0.1, 0.15) is 16.8 Å². The van der Waals surface area contributed by atoms with E-state index in [2.05, 4.69) is 38.9 Å². The molecule has 100 valence electrons. The summed E-state index contributed by atoms with van der Waals surface area (Å²) in [7, 11) is 1.63. The molecule has 2 N–H and O–H groups in total. The Bertz CT molecular complexity index is 614. The normalized spacial score (nSPS) is 10.7. The van der Waals surface area contributed by atoms with Crippen LogP contribution in [0.5, 0.6) is 0 Å². The molecule has 1 aromatic carbocycles. The van der Waals surface area contributed by atoms with Gasteiger partial charge in [0.25, 0.3) is 0 Å². The number of nitrogens with zero attached hydrogens (tertiary/aromatic N) is 2. The quantitative estimate of drug-likeness (QED) is 0.942. The number of nitrogen functional groups attached to an aromatic ring is 1. The minimum absolute atomic E-state index is 0.394. The van der Waals surface area contributed by atoms with E-state index >= 15 is 0 Å². The van der Waals surface area contributed by atoms with Gasteiger partial charge in [-0.3, -0.25) is 0 Å². The lowest BCUT2D eigenvalue weighted by Crippen LogP contribution is -2.04. The first-order chi connectivity index (χ1) is 9.02. The first-order valence-electron chi connectivity index (χ1n) is 5.91. The molecule has 4 nitrogen and oxygen atoms in total. The third-order valence-corrected chi connectivity index (χ3v) is 3.71. The van der Waals surface area contributed by atoms with Gasteiger partial charge in [-0.25, -0.2) is 9.97 Å². The van der Waals surface area contributed by atoms with Crippen molar-refractivity contribution in [3.8, 4) is 11.4 Å². The van der Waals surface area contributed by atoms with E-state index < -0.39 is 0 Å². The summed E-state index contributed by atoms with van der Waals surface area (Å²) >= 11 is 3.39. The smallest absolute Gasteiger partial charge is 0.162 e. The molecule has 1 aromatic heterocycles. The van der Waals surface area contributed by atoms with E-state index in [0.717, 1.165) is 16.8 Å². The lowest BCUT2D eigenvalue weighted by atomic mass is 10.1. The Labute approximate surface area is 121 Å². The molecule has 0 unspecified atom stereocenters. The Morgan fingerprint density at radius 1 is 1.26 bits per heavy atom. The second-order valence-electron chi connectivity index (χ2n) is 4.44. The number of halogens is 1. The predicted octanol–water partition coefficient (Wildman–Crippen LogP) is 3.25. The maximum absolute atomic E-state index is 5.92. The number of aryl methyl sites for hydroxylation is 2. The fourth-order valence-corrected chi connectivity index (χ4v) is 2.22. The molecule has 0 spiro atoms. The van der Waals surface area contributed by atoms with Crippen molar-refractivity contribution in [2.45, 2.75) is 20.5 Å². The first-order valence-corrected chi connectivity index (χ1v) is 6.70. The van der Waals surface area contributed by atoms with Crippen molar-refractivity contribution in [1.29, 1.82) is 0 Å². The summed E-state index contributed by atoms with van der Waals surface area (Å²) < 4.78 is 5.83. The fraction of sp³-hybridized carbons (Fsp3) is 0.286. The number of benzene rings is 1. The molecule has 2 rings (SSSR count). The average Bonchev–Trinajstić information content (AvgIpc) is 2.35. The lowest BCUT2D eigenvalue weighted by molar-refractivity contribution is 0.181. The van der Waals surface area contributed by atoms with Crippen LogP contribution >= 0.6 is 15.9 Å². The number of rotatable bonds is 3. The fourth-order valence-electron chi connectivity index (χ4n) is 1.93. The zero-order valence-electron chi connectivity index (χ0n) is 11.2. The average molecular weight is 322 g/mol. The zero-order chi connectivity index (χ0) is 14.0. The van der Waals surface area contributed by atoms with Crippen molar-refractivity contribution in [2.24, 2.45) is 0 Å². The number of hydrogen-bond donors (Lipinski definition) is 1. The van der Waals surface area contributed by atoms with Crippen LogP contribution in [0.4, 0.5) is 5.82 Å². The molecule has 0 aliphatic rings. The molecular formula is C14H16BrN3O. The number of methoxy groups -OCH3 is 1. The van der Waals surface area contributed by atoms with E-state index in [4.69, 9.17) is 10.5 Å². The summed E-state index contributed by atoms with van der Waals surface area (Å²) in [6.45, 7) is 4.50.